The maximum atomic E-state index is 13.1. The Kier molecular flexibility index (Phi) is 2.11. The zero-order valence-electron chi connectivity index (χ0n) is 7.55. The molecule has 1 amide bonds. The summed E-state index contributed by atoms with van der Waals surface area (Å²) in [4.78, 5) is 11.0. The van der Waals surface area contributed by atoms with E-state index in [9.17, 15) is 9.18 Å². The van der Waals surface area contributed by atoms with Crippen molar-refractivity contribution in [2.45, 2.75) is 12.8 Å². The summed E-state index contributed by atoms with van der Waals surface area (Å²) in [5.74, 6) is -0.643. The van der Waals surface area contributed by atoms with E-state index in [1.165, 1.54) is 6.07 Å². The van der Waals surface area contributed by atoms with Gasteiger partial charge in [0, 0.05) is 0 Å². The maximum Gasteiger partial charge on any atom is 0.252 e. The predicted octanol–water partition coefficient (Wildman–Crippen LogP) is 1.25. The van der Waals surface area contributed by atoms with Crippen molar-refractivity contribution in [2.75, 3.05) is 6.61 Å². The molecule has 0 radical (unpaired) electrons. The Morgan fingerprint density at radius 1 is 1.50 bits per heavy atom. The Balaban J connectivity index is 2.58. The molecule has 0 saturated heterocycles. The fourth-order valence-electron chi connectivity index (χ4n) is 1.63. The van der Waals surface area contributed by atoms with Crippen LogP contribution in [0.15, 0.2) is 12.1 Å². The third kappa shape index (κ3) is 1.43. The molecule has 0 fully saturated rings. The van der Waals surface area contributed by atoms with Gasteiger partial charge < -0.3 is 10.5 Å². The molecule has 0 bridgehead atoms. The number of benzene rings is 1. The van der Waals surface area contributed by atoms with E-state index in [1.807, 2.05) is 0 Å². The predicted molar refractivity (Wildman–Crippen MR) is 48.7 cm³/mol. The zero-order chi connectivity index (χ0) is 10.1. The first kappa shape index (κ1) is 8.99. The van der Waals surface area contributed by atoms with Gasteiger partial charge in [0.1, 0.15) is 11.6 Å². The third-order valence-electron chi connectivity index (χ3n) is 2.23. The molecule has 2 N–H and O–H groups in total. The minimum Gasteiger partial charge on any atom is -0.492 e. The molecular weight excluding hydrogens is 185 g/mol. The van der Waals surface area contributed by atoms with Crippen LogP contribution in [0, 0.1) is 5.82 Å². The topological polar surface area (TPSA) is 52.3 Å². The van der Waals surface area contributed by atoms with Crippen LogP contribution < -0.4 is 10.5 Å². The number of rotatable bonds is 1. The summed E-state index contributed by atoms with van der Waals surface area (Å²) in [7, 11) is 0. The summed E-state index contributed by atoms with van der Waals surface area (Å²) in [5, 5.41) is 0. The van der Waals surface area contributed by atoms with Gasteiger partial charge in [0.05, 0.1) is 12.2 Å². The Hall–Kier alpha value is -1.58. The first-order valence-corrected chi connectivity index (χ1v) is 4.43. The highest BCUT2D eigenvalue weighted by molar-refractivity contribution is 5.96. The van der Waals surface area contributed by atoms with E-state index in [-0.39, 0.29) is 5.56 Å². The van der Waals surface area contributed by atoms with Gasteiger partial charge in [-0.05, 0) is 30.5 Å². The van der Waals surface area contributed by atoms with Crippen molar-refractivity contribution < 1.29 is 13.9 Å². The third-order valence-corrected chi connectivity index (χ3v) is 2.23. The number of fused-ring (bicyclic) bond motifs is 1. The molecule has 0 unspecified atom stereocenters. The van der Waals surface area contributed by atoms with Crippen LogP contribution in [0.1, 0.15) is 22.3 Å². The molecule has 0 saturated carbocycles. The summed E-state index contributed by atoms with van der Waals surface area (Å²) >= 11 is 0. The average Bonchev–Trinajstić information content (AvgIpc) is 2.16. The largest absolute Gasteiger partial charge is 0.492 e. The van der Waals surface area contributed by atoms with Crippen LogP contribution in [-0.2, 0) is 6.42 Å². The van der Waals surface area contributed by atoms with Crippen LogP contribution in [0.4, 0.5) is 4.39 Å². The Bertz CT molecular complexity index is 390. The SMILES string of the molecule is NC(=O)c1cc(F)cc2c1OCCC2. The summed E-state index contributed by atoms with van der Waals surface area (Å²) in [6.07, 6.45) is 1.57. The number of nitrogens with two attached hydrogens (primary N) is 1. The van der Waals surface area contributed by atoms with E-state index >= 15 is 0 Å². The molecular formula is C10H10FNO2. The molecule has 0 aliphatic carbocycles. The summed E-state index contributed by atoms with van der Waals surface area (Å²) in [6, 6.07) is 2.51. The normalized spacial score (nSPS) is 14.4. The first-order valence-electron chi connectivity index (χ1n) is 4.43. The van der Waals surface area contributed by atoms with Gasteiger partial charge in [-0.1, -0.05) is 0 Å². The monoisotopic (exact) mass is 195 g/mol. The second-order valence-corrected chi connectivity index (χ2v) is 3.26. The van der Waals surface area contributed by atoms with Gasteiger partial charge >= 0.3 is 0 Å². The number of carbonyl (C=O) groups is 1. The minimum atomic E-state index is -0.650. The Morgan fingerprint density at radius 2 is 2.29 bits per heavy atom. The van der Waals surface area contributed by atoms with Crippen LogP contribution in [0.2, 0.25) is 0 Å². The lowest BCUT2D eigenvalue weighted by molar-refractivity contribution is 0.0995. The van der Waals surface area contributed by atoms with Crippen molar-refractivity contribution in [3.8, 4) is 5.75 Å². The molecule has 2 rings (SSSR count). The molecule has 0 atom stereocenters. The number of aryl methyl sites for hydroxylation is 1. The molecule has 0 aromatic heterocycles. The zero-order valence-corrected chi connectivity index (χ0v) is 7.55. The van der Waals surface area contributed by atoms with Crippen molar-refractivity contribution in [1.29, 1.82) is 0 Å². The number of hydrogen-bond acceptors (Lipinski definition) is 2. The molecule has 14 heavy (non-hydrogen) atoms. The van der Waals surface area contributed by atoms with Crippen molar-refractivity contribution in [2.24, 2.45) is 5.73 Å². The molecule has 1 heterocycles. The van der Waals surface area contributed by atoms with Crippen LogP contribution in [0.5, 0.6) is 5.75 Å². The molecule has 4 heteroatoms. The Morgan fingerprint density at radius 3 is 3.00 bits per heavy atom. The lowest BCUT2D eigenvalue weighted by Crippen LogP contribution is -2.18. The number of amides is 1. The molecule has 0 spiro atoms. The number of primary amides is 1. The van der Waals surface area contributed by atoms with Crippen LogP contribution in [0.25, 0.3) is 0 Å². The smallest absolute Gasteiger partial charge is 0.252 e. The van der Waals surface area contributed by atoms with Gasteiger partial charge in [-0.3, -0.25) is 4.79 Å². The first-order chi connectivity index (χ1) is 6.68. The summed E-state index contributed by atoms with van der Waals surface area (Å²) < 4.78 is 18.4. The maximum absolute atomic E-state index is 13.1. The van der Waals surface area contributed by atoms with Gasteiger partial charge in [0.2, 0.25) is 0 Å². The van der Waals surface area contributed by atoms with Crippen LogP contribution >= 0.6 is 0 Å². The van der Waals surface area contributed by atoms with E-state index in [4.69, 9.17) is 10.5 Å². The second kappa shape index (κ2) is 3.29. The minimum absolute atomic E-state index is 0.139. The molecule has 1 aromatic carbocycles. The highest BCUT2D eigenvalue weighted by Crippen LogP contribution is 2.29. The summed E-state index contributed by atoms with van der Waals surface area (Å²) in [5.41, 5.74) is 5.99. The van der Waals surface area contributed by atoms with Crippen molar-refractivity contribution in [3.63, 3.8) is 0 Å². The molecule has 3 nitrogen and oxygen atoms in total. The lowest BCUT2D eigenvalue weighted by atomic mass is 10.0. The quantitative estimate of drug-likeness (QED) is 0.733. The Labute approximate surface area is 80.7 Å². The van der Waals surface area contributed by atoms with E-state index in [2.05, 4.69) is 0 Å². The van der Waals surface area contributed by atoms with Crippen LogP contribution in [-0.4, -0.2) is 12.5 Å². The lowest BCUT2D eigenvalue weighted by Gasteiger charge is -2.19. The number of halogens is 1. The second-order valence-electron chi connectivity index (χ2n) is 3.26. The van der Waals surface area contributed by atoms with Crippen LogP contribution in [0.3, 0.4) is 0 Å². The molecule has 1 aromatic rings. The van der Waals surface area contributed by atoms with Gasteiger partial charge in [-0.2, -0.15) is 0 Å². The number of hydrogen-bond donors (Lipinski definition) is 1. The van der Waals surface area contributed by atoms with Crippen molar-refractivity contribution in [1.82, 2.24) is 0 Å². The highest BCUT2D eigenvalue weighted by atomic mass is 19.1. The van der Waals surface area contributed by atoms with Gasteiger partial charge in [-0.25, -0.2) is 4.39 Å². The van der Waals surface area contributed by atoms with E-state index in [1.54, 1.807) is 0 Å². The fraction of sp³-hybridized carbons (Fsp3) is 0.300. The molecule has 1 aliphatic heterocycles. The standard InChI is InChI=1S/C10H10FNO2/c11-7-4-6-2-1-3-14-9(6)8(5-7)10(12)13/h4-5H,1-3H2,(H2,12,13). The van der Waals surface area contributed by atoms with E-state index < -0.39 is 11.7 Å². The van der Waals surface area contributed by atoms with Crippen molar-refractivity contribution in [3.05, 3.63) is 29.1 Å². The van der Waals surface area contributed by atoms with Crippen molar-refractivity contribution >= 4 is 5.91 Å². The van der Waals surface area contributed by atoms with E-state index in [0.717, 1.165) is 24.5 Å². The van der Waals surface area contributed by atoms with Gasteiger partial charge in [0.15, 0.2) is 0 Å². The van der Waals surface area contributed by atoms with Gasteiger partial charge in [0.25, 0.3) is 5.91 Å². The molecule has 1 aliphatic rings. The van der Waals surface area contributed by atoms with E-state index in [0.29, 0.717) is 12.4 Å². The fourth-order valence-corrected chi connectivity index (χ4v) is 1.63. The highest BCUT2D eigenvalue weighted by Gasteiger charge is 2.19. The number of ether oxygens (including phenoxy) is 1. The van der Waals surface area contributed by atoms with Gasteiger partial charge in [-0.15, -0.1) is 0 Å². The number of carbonyl (C=O) groups excluding carboxylic acids is 1. The summed E-state index contributed by atoms with van der Waals surface area (Å²) in [6.45, 7) is 0.554. The average molecular weight is 195 g/mol. The molecule has 74 valence electrons.